The predicted molar refractivity (Wildman–Crippen MR) is 72.7 cm³/mol. The van der Waals surface area contributed by atoms with Crippen LogP contribution in [0.15, 0.2) is 24.3 Å². The van der Waals surface area contributed by atoms with E-state index in [1.165, 1.54) is 38.5 Å². The SMILES string of the molecule is CNc1ccc(OCCC2CCCCC2)cc1. The first-order chi connectivity index (χ1) is 8.38. The molecule has 2 rings (SSSR count). The molecule has 0 saturated heterocycles. The maximum absolute atomic E-state index is 5.78. The summed E-state index contributed by atoms with van der Waals surface area (Å²) in [5.41, 5.74) is 1.13. The summed E-state index contributed by atoms with van der Waals surface area (Å²) >= 11 is 0. The fourth-order valence-corrected chi connectivity index (χ4v) is 2.54. The van der Waals surface area contributed by atoms with Gasteiger partial charge in [-0.3, -0.25) is 0 Å². The molecule has 0 amide bonds. The molecule has 0 heterocycles. The molecule has 2 nitrogen and oxygen atoms in total. The van der Waals surface area contributed by atoms with Crippen molar-refractivity contribution >= 4 is 5.69 Å². The van der Waals surface area contributed by atoms with Gasteiger partial charge in [-0.15, -0.1) is 0 Å². The standard InChI is InChI=1S/C15H23NO/c1-16-14-7-9-15(10-8-14)17-12-11-13-5-3-2-4-6-13/h7-10,13,16H,2-6,11-12H2,1H3. The highest BCUT2D eigenvalue weighted by molar-refractivity contribution is 5.45. The third-order valence-corrected chi connectivity index (χ3v) is 3.66. The van der Waals surface area contributed by atoms with Crippen molar-refractivity contribution in [3.63, 3.8) is 0 Å². The molecule has 1 N–H and O–H groups in total. The molecule has 1 aliphatic carbocycles. The van der Waals surface area contributed by atoms with Crippen molar-refractivity contribution < 1.29 is 4.74 Å². The Morgan fingerprint density at radius 3 is 2.47 bits per heavy atom. The van der Waals surface area contributed by atoms with Crippen LogP contribution in [0, 0.1) is 5.92 Å². The zero-order valence-corrected chi connectivity index (χ0v) is 10.7. The summed E-state index contributed by atoms with van der Waals surface area (Å²) in [5.74, 6) is 1.89. The second-order valence-electron chi connectivity index (χ2n) is 4.92. The molecule has 0 unspecified atom stereocenters. The van der Waals surface area contributed by atoms with E-state index in [2.05, 4.69) is 17.4 Å². The van der Waals surface area contributed by atoms with Crippen LogP contribution in [0.4, 0.5) is 5.69 Å². The molecular formula is C15H23NO. The third-order valence-electron chi connectivity index (χ3n) is 3.66. The Balaban J connectivity index is 1.69. The van der Waals surface area contributed by atoms with Gasteiger partial charge in [0.25, 0.3) is 0 Å². The van der Waals surface area contributed by atoms with Crippen LogP contribution >= 0.6 is 0 Å². The second-order valence-corrected chi connectivity index (χ2v) is 4.92. The van der Waals surface area contributed by atoms with Crippen molar-refractivity contribution in [3.05, 3.63) is 24.3 Å². The molecule has 94 valence electrons. The van der Waals surface area contributed by atoms with Crippen molar-refractivity contribution in [1.29, 1.82) is 0 Å². The van der Waals surface area contributed by atoms with Gasteiger partial charge in [0, 0.05) is 12.7 Å². The summed E-state index contributed by atoms with van der Waals surface area (Å²) in [4.78, 5) is 0. The van der Waals surface area contributed by atoms with Gasteiger partial charge in [-0.1, -0.05) is 32.1 Å². The van der Waals surface area contributed by atoms with E-state index in [9.17, 15) is 0 Å². The highest BCUT2D eigenvalue weighted by atomic mass is 16.5. The molecule has 0 aliphatic heterocycles. The fraction of sp³-hybridized carbons (Fsp3) is 0.600. The van der Waals surface area contributed by atoms with Crippen LogP contribution in [-0.4, -0.2) is 13.7 Å². The largest absolute Gasteiger partial charge is 0.494 e. The quantitative estimate of drug-likeness (QED) is 0.827. The van der Waals surface area contributed by atoms with Crippen molar-refractivity contribution in [3.8, 4) is 5.75 Å². The van der Waals surface area contributed by atoms with Crippen LogP contribution in [-0.2, 0) is 0 Å². The Bertz CT molecular complexity index is 314. The minimum absolute atomic E-state index is 0.865. The van der Waals surface area contributed by atoms with Crippen LogP contribution < -0.4 is 10.1 Å². The average Bonchev–Trinajstić information content (AvgIpc) is 2.41. The Morgan fingerprint density at radius 1 is 1.12 bits per heavy atom. The summed E-state index contributed by atoms with van der Waals surface area (Å²) in [6, 6.07) is 8.17. The van der Waals surface area contributed by atoms with E-state index in [0.29, 0.717) is 0 Å². The van der Waals surface area contributed by atoms with Crippen LogP contribution in [0.3, 0.4) is 0 Å². The molecule has 0 bridgehead atoms. The zero-order chi connectivity index (χ0) is 11.9. The van der Waals surface area contributed by atoms with Crippen LogP contribution in [0.1, 0.15) is 38.5 Å². The lowest BCUT2D eigenvalue weighted by Crippen LogP contribution is -2.10. The van der Waals surface area contributed by atoms with Crippen LogP contribution in [0.2, 0.25) is 0 Å². The zero-order valence-electron chi connectivity index (χ0n) is 10.7. The normalized spacial score (nSPS) is 16.8. The van der Waals surface area contributed by atoms with E-state index in [0.717, 1.165) is 24.0 Å². The summed E-state index contributed by atoms with van der Waals surface area (Å²) in [6.07, 6.45) is 8.30. The Morgan fingerprint density at radius 2 is 1.82 bits per heavy atom. The van der Waals surface area contributed by atoms with E-state index >= 15 is 0 Å². The first-order valence-corrected chi connectivity index (χ1v) is 6.79. The number of anilines is 1. The van der Waals surface area contributed by atoms with Gasteiger partial charge in [0.05, 0.1) is 6.61 Å². The highest BCUT2D eigenvalue weighted by Crippen LogP contribution is 2.26. The van der Waals surface area contributed by atoms with Crippen molar-refractivity contribution in [1.82, 2.24) is 0 Å². The van der Waals surface area contributed by atoms with Gasteiger partial charge in [0.2, 0.25) is 0 Å². The summed E-state index contributed by atoms with van der Waals surface area (Å²) < 4.78 is 5.78. The number of rotatable bonds is 5. The molecule has 1 fully saturated rings. The molecule has 0 radical (unpaired) electrons. The number of hydrogen-bond acceptors (Lipinski definition) is 2. The summed E-state index contributed by atoms with van der Waals surface area (Å²) in [7, 11) is 1.93. The molecule has 17 heavy (non-hydrogen) atoms. The van der Waals surface area contributed by atoms with Gasteiger partial charge in [0.15, 0.2) is 0 Å². The van der Waals surface area contributed by atoms with E-state index in [-0.39, 0.29) is 0 Å². The van der Waals surface area contributed by atoms with Crippen LogP contribution in [0.25, 0.3) is 0 Å². The van der Waals surface area contributed by atoms with E-state index in [1.807, 2.05) is 19.2 Å². The summed E-state index contributed by atoms with van der Waals surface area (Å²) in [5, 5.41) is 3.11. The Hall–Kier alpha value is -1.18. The molecule has 1 aliphatic rings. The fourth-order valence-electron chi connectivity index (χ4n) is 2.54. The molecule has 0 atom stereocenters. The summed E-state index contributed by atoms with van der Waals surface area (Å²) in [6.45, 7) is 0.865. The van der Waals surface area contributed by atoms with Crippen molar-refractivity contribution in [2.45, 2.75) is 38.5 Å². The van der Waals surface area contributed by atoms with Gasteiger partial charge in [-0.25, -0.2) is 0 Å². The smallest absolute Gasteiger partial charge is 0.119 e. The monoisotopic (exact) mass is 233 g/mol. The third kappa shape index (κ3) is 3.95. The predicted octanol–water partition coefficient (Wildman–Crippen LogP) is 4.08. The van der Waals surface area contributed by atoms with Gasteiger partial charge in [0.1, 0.15) is 5.75 Å². The number of nitrogens with one attached hydrogen (secondary N) is 1. The van der Waals surface area contributed by atoms with Gasteiger partial charge < -0.3 is 10.1 Å². The molecule has 1 aromatic carbocycles. The number of benzene rings is 1. The van der Waals surface area contributed by atoms with E-state index in [4.69, 9.17) is 4.74 Å². The molecule has 0 spiro atoms. The molecule has 1 saturated carbocycles. The number of hydrogen-bond donors (Lipinski definition) is 1. The topological polar surface area (TPSA) is 21.3 Å². The Kier molecular flexibility index (Phi) is 4.72. The van der Waals surface area contributed by atoms with Gasteiger partial charge in [-0.05, 0) is 36.6 Å². The van der Waals surface area contributed by atoms with Crippen molar-refractivity contribution in [2.24, 2.45) is 5.92 Å². The maximum Gasteiger partial charge on any atom is 0.119 e. The lowest BCUT2D eigenvalue weighted by molar-refractivity contribution is 0.246. The average molecular weight is 233 g/mol. The minimum atomic E-state index is 0.865. The van der Waals surface area contributed by atoms with Crippen molar-refractivity contribution in [2.75, 3.05) is 19.0 Å². The molecule has 1 aromatic rings. The highest BCUT2D eigenvalue weighted by Gasteiger charge is 2.12. The Labute approximate surface area is 104 Å². The lowest BCUT2D eigenvalue weighted by Gasteiger charge is -2.21. The first kappa shape index (κ1) is 12.3. The van der Waals surface area contributed by atoms with Gasteiger partial charge >= 0.3 is 0 Å². The lowest BCUT2D eigenvalue weighted by atomic mass is 9.87. The van der Waals surface area contributed by atoms with Crippen LogP contribution in [0.5, 0.6) is 5.75 Å². The molecule has 2 heteroatoms. The molecule has 0 aromatic heterocycles. The molecular weight excluding hydrogens is 210 g/mol. The van der Waals surface area contributed by atoms with Gasteiger partial charge in [-0.2, -0.15) is 0 Å². The maximum atomic E-state index is 5.78. The van der Waals surface area contributed by atoms with E-state index < -0.39 is 0 Å². The number of ether oxygens (including phenoxy) is 1. The van der Waals surface area contributed by atoms with E-state index in [1.54, 1.807) is 0 Å². The minimum Gasteiger partial charge on any atom is -0.494 e. The second kappa shape index (κ2) is 6.53. The first-order valence-electron chi connectivity index (χ1n) is 6.79.